The van der Waals surface area contributed by atoms with E-state index in [2.05, 4.69) is 179 Å². The third kappa shape index (κ3) is 5.66. The molecule has 4 aromatic heterocycles. The first-order chi connectivity index (χ1) is 29.3. The first kappa shape index (κ1) is 35.8. The zero-order chi connectivity index (χ0) is 38.9. The van der Waals surface area contributed by atoms with Gasteiger partial charge in [0.05, 0.1) is 11.3 Å². The van der Waals surface area contributed by atoms with Gasteiger partial charge in [0.1, 0.15) is 0 Å². The van der Waals surface area contributed by atoms with Crippen LogP contribution in [-0.4, -0.2) is 18.8 Å². The summed E-state index contributed by atoms with van der Waals surface area (Å²) in [4.78, 5) is 9.69. The molecule has 12 aromatic rings. The van der Waals surface area contributed by atoms with Gasteiger partial charge in [-0.05, 0) is 67.4 Å². The standard InChI is InChI=1S/C54H32N4O.Pt/c1-5-13-35(14-6-1)41-25-27-47-51(49(41)37-17-9-3-10-18-37)43-23-21-39(33-45(43)53-55-29-31-57(47)53)59-40-22-24-44-46(34-40)54-56-30-32-58(54)48-28-26-42(36-15-7-2-8-16-36)50(52(44)48)38-19-11-4-12-20-38;/h1-32H;/q-2;+2. The Balaban J connectivity index is 0.00000408. The maximum absolute atomic E-state index is 6.70. The largest absolute Gasteiger partial charge is 2.00 e. The fraction of sp³-hybridized carbons (Fsp3) is 0. The summed E-state index contributed by atoms with van der Waals surface area (Å²) in [5.74, 6) is 1.16. The van der Waals surface area contributed by atoms with E-state index >= 15 is 0 Å². The van der Waals surface area contributed by atoms with Gasteiger partial charge in [0.25, 0.3) is 0 Å². The number of ether oxygens (including phenoxy) is 1. The van der Waals surface area contributed by atoms with Crippen LogP contribution in [-0.2, 0) is 21.1 Å². The van der Waals surface area contributed by atoms with Crippen LogP contribution in [0.2, 0.25) is 0 Å². The van der Waals surface area contributed by atoms with Crippen molar-refractivity contribution in [3.05, 3.63) is 207 Å². The molecule has 12 rings (SSSR count). The van der Waals surface area contributed by atoms with E-state index in [9.17, 15) is 0 Å². The topological polar surface area (TPSA) is 43.8 Å². The summed E-state index contributed by atoms with van der Waals surface area (Å²) >= 11 is 0. The van der Waals surface area contributed by atoms with Gasteiger partial charge in [0.15, 0.2) is 0 Å². The zero-order valence-corrected chi connectivity index (χ0v) is 34.3. The Kier molecular flexibility index (Phi) is 8.65. The van der Waals surface area contributed by atoms with E-state index in [1.54, 1.807) is 0 Å². The molecule has 5 nitrogen and oxygen atoms in total. The van der Waals surface area contributed by atoms with E-state index in [1.165, 1.54) is 22.3 Å². The normalized spacial score (nSPS) is 11.5. The summed E-state index contributed by atoms with van der Waals surface area (Å²) in [6, 6.07) is 67.0. The SMILES string of the molecule is [Pt+2].[c-]1c(Oc2[c-]c3c(cc2)c2c(-c4ccccc4)c(-c4ccccc4)ccc2n2ccnc32)ccc2c1c1nccn1c1ccc(-c3ccccc3)c(-c3ccccc3)c21. The van der Waals surface area contributed by atoms with Crippen molar-refractivity contribution >= 4 is 54.6 Å². The number of hydrogen-bond donors (Lipinski definition) is 0. The van der Waals surface area contributed by atoms with Gasteiger partial charge < -0.3 is 13.5 Å². The predicted molar refractivity (Wildman–Crippen MR) is 240 cm³/mol. The molecule has 60 heavy (non-hydrogen) atoms. The van der Waals surface area contributed by atoms with E-state index in [0.29, 0.717) is 11.5 Å². The first-order valence-electron chi connectivity index (χ1n) is 19.7. The second-order valence-electron chi connectivity index (χ2n) is 14.8. The van der Waals surface area contributed by atoms with Crippen molar-refractivity contribution in [1.29, 1.82) is 0 Å². The fourth-order valence-electron chi connectivity index (χ4n) is 8.98. The minimum atomic E-state index is 0. The predicted octanol–water partition coefficient (Wildman–Crippen LogP) is 13.7. The Hall–Kier alpha value is -7.33. The number of rotatable bonds is 6. The van der Waals surface area contributed by atoms with Crippen molar-refractivity contribution in [2.24, 2.45) is 0 Å². The third-order valence-corrected chi connectivity index (χ3v) is 11.5. The Bertz CT molecular complexity index is 3330. The van der Waals surface area contributed by atoms with E-state index in [-0.39, 0.29) is 21.1 Å². The van der Waals surface area contributed by atoms with Gasteiger partial charge in [-0.2, -0.15) is 0 Å². The minimum Gasteiger partial charge on any atom is -0.497 e. The molecule has 6 heteroatoms. The van der Waals surface area contributed by atoms with Gasteiger partial charge in [0, 0.05) is 47.3 Å². The van der Waals surface area contributed by atoms with E-state index in [1.807, 2.05) is 36.9 Å². The summed E-state index contributed by atoms with van der Waals surface area (Å²) in [6.07, 6.45) is 7.76. The van der Waals surface area contributed by atoms with Crippen LogP contribution in [0.3, 0.4) is 0 Å². The molecule has 0 amide bonds. The molecule has 0 radical (unpaired) electrons. The molecule has 0 spiro atoms. The number of fused-ring (bicyclic) bond motifs is 12. The van der Waals surface area contributed by atoms with E-state index in [0.717, 1.165) is 76.9 Å². The molecule has 0 unspecified atom stereocenters. The quantitative estimate of drug-likeness (QED) is 0.123. The van der Waals surface area contributed by atoms with Crippen LogP contribution < -0.4 is 4.74 Å². The zero-order valence-electron chi connectivity index (χ0n) is 32.0. The molecule has 8 aromatic carbocycles. The minimum absolute atomic E-state index is 0. The molecule has 0 saturated carbocycles. The molecule has 4 heterocycles. The third-order valence-electron chi connectivity index (χ3n) is 11.5. The molecule has 0 N–H and O–H groups in total. The number of aromatic nitrogens is 4. The molecule has 0 aliphatic rings. The monoisotopic (exact) mass is 947 g/mol. The van der Waals surface area contributed by atoms with Crippen molar-refractivity contribution in [3.8, 4) is 56.0 Å². The van der Waals surface area contributed by atoms with Crippen molar-refractivity contribution in [3.63, 3.8) is 0 Å². The van der Waals surface area contributed by atoms with Crippen LogP contribution in [0.25, 0.3) is 99.2 Å². The summed E-state index contributed by atoms with van der Waals surface area (Å²) < 4.78 is 11.0. The number of nitrogens with zero attached hydrogens (tertiary/aromatic N) is 4. The van der Waals surface area contributed by atoms with Crippen molar-refractivity contribution in [1.82, 2.24) is 18.8 Å². The Morgan fingerprint density at radius 2 is 0.783 bits per heavy atom. The number of hydrogen-bond acceptors (Lipinski definition) is 3. The van der Waals surface area contributed by atoms with Crippen molar-refractivity contribution in [2.75, 3.05) is 0 Å². The second kappa shape index (κ2) is 14.5. The average molecular weight is 948 g/mol. The molecule has 0 fully saturated rings. The van der Waals surface area contributed by atoms with Gasteiger partial charge in [-0.3, -0.25) is 9.97 Å². The number of pyridine rings is 2. The number of benzene rings is 8. The Morgan fingerprint density at radius 3 is 1.18 bits per heavy atom. The van der Waals surface area contributed by atoms with Crippen LogP contribution >= 0.6 is 0 Å². The summed E-state index contributed by atoms with van der Waals surface area (Å²) in [5, 5.41) is 6.14. The Labute approximate surface area is 360 Å². The van der Waals surface area contributed by atoms with Gasteiger partial charge in [-0.1, -0.05) is 179 Å². The van der Waals surface area contributed by atoms with Crippen LogP contribution in [0.5, 0.6) is 11.5 Å². The summed E-state index contributed by atoms with van der Waals surface area (Å²) in [7, 11) is 0. The molecule has 284 valence electrons. The number of imidazole rings is 2. The Morgan fingerprint density at radius 1 is 0.400 bits per heavy atom. The fourth-order valence-corrected chi connectivity index (χ4v) is 8.98. The van der Waals surface area contributed by atoms with Crippen molar-refractivity contribution in [2.45, 2.75) is 0 Å². The van der Waals surface area contributed by atoms with Crippen molar-refractivity contribution < 1.29 is 25.8 Å². The molecular formula is C54H32N4OPt. The molecule has 0 saturated heterocycles. The van der Waals surface area contributed by atoms with Crippen LogP contribution in [0, 0.1) is 12.1 Å². The smallest absolute Gasteiger partial charge is 0.497 e. The maximum atomic E-state index is 6.70. The molecule has 0 bridgehead atoms. The summed E-state index contributed by atoms with van der Waals surface area (Å²) in [5.41, 5.74) is 13.1. The average Bonchev–Trinajstić information content (AvgIpc) is 4.02. The molecule has 0 aliphatic carbocycles. The van der Waals surface area contributed by atoms with Gasteiger partial charge in [-0.15, -0.1) is 12.1 Å². The van der Waals surface area contributed by atoms with Gasteiger partial charge >= 0.3 is 21.1 Å². The van der Waals surface area contributed by atoms with E-state index < -0.39 is 0 Å². The molecule has 0 aliphatic heterocycles. The maximum Gasteiger partial charge on any atom is 2.00 e. The van der Waals surface area contributed by atoms with Gasteiger partial charge in [-0.25, -0.2) is 0 Å². The van der Waals surface area contributed by atoms with Crippen LogP contribution in [0.15, 0.2) is 195 Å². The molecule has 0 atom stereocenters. The van der Waals surface area contributed by atoms with Gasteiger partial charge in [0.2, 0.25) is 0 Å². The molecular weight excluding hydrogens is 916 g/mol. The van der Waals surface area contributed by atoms with E-state index in [4.69, 9.17) is 14.7 Å². The summed E-state index contributed by atoms with van der Waals surface area (Å²) in [6.45, 7) is 0. The van der Waals surface area contributed by atoms with Crippen LogP contribution in [0.4, 0.5) is 0 Å². The second-order valence-corrected chi connectivity index (χ2v) is 14.8. The van der Waals surface area contributed by atoms with Crippen LogP contribution in [0.1, 0.15) is 0 Å². The first-order valence-corrected chi connectivity index (χ1v) is 19.7.